The Morgan fingerprint density at radius 2 is 2.25 bits per heavy atom. The highest BCUT2D eigenvalue weighted by molar-refractivity contribution is 5.71. The topological polar surface area (TPSA) is 175 Å². The fourth-order valence-corrected chi connectivity index (χ4v) is 2.70. The SMILES string of the molecule is C#C[C@@]1(O)C(O)[C@@H]([C@@H](C)O)O[C@H]1n1cnc2c(=O)n(N)c(N)nc21. The Kier molecular flexibility index (Phi) is 3.50. The number of aliphatic hydroxyl groups is 3. The van der Waals surface area contributed by atoms with Crippen molar-refractivity contribution in [2.75, 3.05) is 11.6 Å². The van der Waals surface area contributed by atoms with Crippen LogP contribution in [0.25, 0.3) is 11.2 Å². The van der Waals surface area contributed by atoms with Crippen LogP contribution in [0, 0.1) is 12.3 Å². The number of hydrogen-bond donors (Lipinski definition) is 5. The molecule has 0 spiro atoms. The van der Waals surface area contributed by atoms with Gasteiger partial charge in [0.15, 0.2) is 23.0 Å². The molecule has 1 aliphatic rings. The molecule has 1 aliphatic heterocycles. The van der Waals surface area contributed by atoms with Gasteiger partial charge in [0.05, 0.1) is 12.4 Å². The molecule has 2 aromatic heterocycles. The molecular formula is C13H16N6O5. The summed E-state index contributed by atoms with van der Waals surface area (Å²) in [4.78, 5) is 19.9. The fraction of sp³-hybridized carbons (Fsp3) is 0.462. The van der Waals surface area contributed by atoms with Gasteiger partial charge in [-0.2, -0.15) is 9.66 Å². The van der Waals surface area contributed by atoms with Crippen molar-refractivity contribution in [3.8, 4) is 12.3 Å². The Hall–Kier alpha value is -2.65. The maximum absolute atomic E-state index is 12.1. The lowest BCUT2D eigenvalue weighted by molar-refractivity contribution is -0.0846. The third-order valence-electron chi connectivity index (χ3n) is 4.04. The van der Waals surface area contributed by atoms with Gasteiger partial charge < -0.3 is 31.6 Å². The summed E-state index contributed by atoms with van der Waals surface area (Å²) >= 11 is 0. The number of rotatable bonds is 2. The number of nitrogens with zero attached hydrogens (tertiary/aromatic N) is 4. The van der Waals surface area contributed by atoms with E-state index in [1.165, 1.54) is 11.5 Å². The van der Waals surface area contributed by atoms with Gasteiger partial charge in [0.25, 0.3) is 0 Å². The van der Waals surface area contributed by atoms with Crippen molar-refractivity contribution in [2.45, 2.75) is 37.1 Å². The van der Waals surface area contributed by atoms with Crippen LogP contribution in [0.3, 0.4) is 0 Å². The molecule has 2 aromatic rings. The van der Waals surface area contributed by atoms with E-state index in [4.69, 9.17) is 22.7 Å². The smallest absolute Gasteiger partial charge is 0.301 e. The van der Waals surface area contributed by atoms with Crippen LogP contribution in [0.2, 0.25) is 0 Å². The highest BCUT2D eigenvalue weighted by Crippen LogP contribution is 2.40. The fourth-order valence-electron chi connectivity index (χ4n) is 2.70. The van der Waals surface area contributed by atoms with Gasteiger partial charge in [-0.3, -0.25) is 9.36 Å². The largest absolute Gasteiger partial charge is 0.391 e. The Morgan fingerprint density at radius 1 is 1.58 bits per heavy atom. The maximum atomic E-state index is 12.1. The first-order valence-corrected chi connectivity index (χ1v) is 6.94. The van der Waals surface area contributed by atoms with Crippen molar-refractivity contribution >= 4 is 17.1 Å². The van der Waals surface area contributed by atoms with Crippen LogP contribution in [-0.2, 0) is 4.74 Å². The molecule has 0 saturated carbocycles. The van der Waals surface area contributed by atoms with Crippen molar-refractivity contribution < 1.29 is 20.1 Å². The molecule has 0 bridgehead atoms. The standard InChI is InChI=1S/C13H16N6O5/c1-3-13(23)8(21)7(5(2)20)24-11(13)18-4-16-6-9(18)17-12(14)19(15)10(6)22/h1,4-5,7-8,11,20-21,23H,15H2,2H3,(H2,14,17)/t5-,7-,8?,11-,13-/m1/s1. The molecule has 11 heteroatoms. The minimum atomic E-state index is -2.18. The summed E-state index contributed by atoms with van der Waals surface area (Å²) in [6, 6.07) is 0. The molecule has 11 nitrogen and oxygen atoms in total. The summed E-state index contributed by atoms with van der Waals surface area (Å²) in [6.45, 7) is 1.38. The van der Waals surface area contributed by atoms with E-state index in [1.54, 1.807) is 0 Å². The predicted molar refractivity (Wildman–Crippen MR) is 81.7 cm³/mol. The lowest BCUT2D eigenvalue weighted by atomic mass is 9.93. The zero-order valence-corrected chi connectivity index (χ0v) is 12.6. The van der Waals surface area contributed by atoms with E-state index < -0.39 is 35.7 Å². The Labute approximate surface area is 135 Å². The zero-order valence-electron chi connectivity index (χ0n) is 12.6. The highest BCUT2D eigenvalue weighted by Gasteiger charge is 2.57. The average molecular weight is 336 g/mol. The van der Waals surface area contributed by atoms with Crippen molar-refractivity contribution in [3.63, 3.8) is 0 Å². The summed E-state index contributed by atoms with van der Waals surface area (Å²) in [5.41, 5.74) is 2.54. The molecule has 24 heavy (non-hydrogen) atoms. The van der Waals surface area contributed by atoms with Crippen molar-refractivity contribution in [3.05, 3.63) is 16.7 Å². The van der Waals surface area contributed by atoms with Crippen LogP contribution < -0.4 is 17.1 Å². The monoisotopic (exact) mass is 336 g/mol. The van der Waals surface area contributed by atoms with Gasteiger partial charge in [-0.1, -0.05) is 5.92 Å². The van der Waals surface area contributed by atoms with E-state index in [1.807, 2.05) is 0 Å². The number of ether oxygens (including phenoxy) is 1. The van der Waals surface area contributed by atoms with Crippen LogP contribution in [0.5, 0.6) is 0 Å². The number of anilines is 1. The first-order valence-electron chi connectivity index (χ1n) is 6.94. The first kappa shape index (κ1) is 16.2. The second-order valence-corrected chi connectivity index (χ2v) is 5.58. The highest BCUT2D eigenvalue weighted by atomic mass is 16.6. The Morgan fingerprint density at radius 3 is 2.83 bits per heavy atom. The van der Waals surface area contributed by atoms with Crippen LogP contribution in [0.1, 0.15) is 13.2 Å². The van der Waals surface area contributed by atoms with Crippen LogP contribution >= 0.6 is 0 Å². The first-order chi connectivity index (χ1) is 11.2. The number of nitrogens with two attached hydrogens (primary N) is 2. The lowest BCUT2D eigenvalue weighted by Crippen LogP contribution is -2.47. The number of nitrogen functional groups attached to an aromatic ring is 2. The summed E-state index contributed by atoms with van der Waals surface area (Å²) in [6.07, 6.45) is 1.33. The lowest BCUT2D eigenvalue weighted by Gasteiger charge is -2.26. The molecule has 128 valence electrons. The third-order valence-corrected chi connectivity index (χ3v) is 4.04. The third kappa shape index (κ3) is 1.98. The van der Waals surface area contributed by atoms with E-state index in [9.17, 15) is 20.1 Å². The van der Waals surface area contributed by atoms with E-state index in [2.05, 4.69) is 15.9 Å². The van der Waals surface area contributed by atoms with Crippen LogP contribution in [0.15, 0.2) is 11.1 Å². The summed E-state index contributed by atoms with van der Waals surface area (Å²) < 4.78 is 7.30. The van der Waals surface area contributed by atoms with Crippen LogP contribution in [-0.4, -0.2) is 58.4 Å². The summed E-state index contributed by atoms with van der Waals surface area (Å²) in [7, 11) is 0. The molecule has 7 N–H and O–H groups in total. The van der Waals surface area contributed by atoms with Gasteiger partial charge in [0.2, 0.25) is 5.95 Å². The van der Waals surface area contributed by atoms with Gasteiger partial charge >= 0.3 is 5.56 Å². The normalized spacial score (nSPS) is 31.2. The zero-order chi connectivity index (χ0) is 17.8. The second kappa shape index (κ2) is 5.18. The Balaban J connectivity index is 2.20. The quantitative estimate of drug-likeness (QED) is 0.281. The van der Waals surface area contributed by atoms with E-state index >= 15 is 0 Å². The van der Waals surface area contributed by atoms with Gasteiger partial charge in [0, 0.05) is 0 Å². The van der Waals surface area contributed by atoms with Crippen molar-refractivity contribution in [2.24, 2.45) is 0 Å². The minimum Gasteiger partial charge on any atom is -0.391 e. The van der Waals surface area contributed by atoms with E-state index in [0.717, 1.165) is 6.33 Å². The van der Waals surface area contributed by atoms with E-state index in [0.29, 0.717) is 4.68 Å². The molecule has 1 fully saturated rings. The van der Waals surface area contributed by atoms with Crippen molar-refractivity contribution in [1.82, 2.24) is 19.2 Å². The van der Waals surface area contributed by atoms with Gasteiger partial charge in [-0.05, 0) is 6.92 Å². The molecule has 5 atom stereocenters. The van der Waals surface area contributed by atoms with Gasteiger partial charge in [0.1, 0.15) is 12.2 Å². The molecule has 3 heterocycles. The molecule has 0 aromatic carbocycles. The van der Waals surface area contributed by atoms with E-state index in [-0.39, 0.29) is 17.1 Å². The number of hydrogen-bond acceptors (Lipinski definition) is 9. The number of imidazole rings is 1. The maximum Gasteiger partial charge on any atom is 0.301 e. The minimum absolute atomic E-state index is 0.0312. The molecule has 1 unspecified atom stereocenters. The molecule has 0 aliphatic carbocycles. The molecule has 3 rings (SSSR count). The summed E-state index contributed by atoms with van der Waals surface area (Å²) in [5, 5.41) is 30.6. The predicted octanol–water partition coefficient (Wildman–Crippen LogP) is -3.11. The molecular weight excluding hydrogens is 320 g/mol. The van der Waals surface area contributed by atoms with Gasteiger partial charge in [-0.15, -0.1) is 6.42 Å². The summed E-state index contributed by atoms with van der Waals surface area (Å²) in [5.74, 6) is 7.24. The van der Waals surface area contributed by atoms with Crippen molar-refractivity contribution in [1.29, 1.82) is 0 Å². The number of aliphatic hydroxyl groups excluding tert-OH is 2. The van der Waals surface area contributed by atoms with Crippen LogP contribution in [0.4, 0.5) is 5.95 Å². The van der Waals surface area contributed by atoms with Gasteiger partial charge in [-0.25, -0.2) is 4.98 Å². The second-order valence-electron chi connectivity index (χ2n) is 5.58. The average Bonchev–Trinajstić information content (AvgIpc) is 3.06. The number of terminal acetylenes is 1. The number of aromatic nitrogens is 4. The molecule has 0 amide bonds. The molecule has 1 saturated heterocycles. The molecule has 0 radical (unpaired) electrons. The Bertz CT molecular complexity index is 899. The number of fused-ring (bicyclic) bond motifs is 1.